The van der Waals surface area contributed by atoms with Gasteiger partial charge in [0.15, 0.2) is 0 Å². The third kappa shape index (κ3) is 1.44. The van der Waals surface area contributed by atoms with Crippen LogP contribution >= 0.6 is 0 Å². The highest BCUT2D eigenvalue weighted by Crippen LogP contribution is 2.35. The number of nitrogens with zero attached hydrogens (tertiary/aromatic N) is 1. The normalized spacial score (nSPS) is 43.5. The first-order valence-electron chi connectivity index (χ1n) is 4.80. The quantitative estimate of drug-likeness (QED) is 0.624. The van der Waals surface area contributed by atoms with Crippen LogP contribution in [0.4, 0.5) is 0 Å². The zero-order valence-electron chi connectivity index (χ0n) is 7.52. The maximum atomic E-state index is 10.9. The Labute approximate surface area is 77.2 Å². The van der Waals surface area contributed by atoms with Gasteiger partial charge in [-0.25, -0.2) is 0 Å². The van der Waals surface area contributed by atoms with Gasteiger partial charge in [-0.05, 0) is 25.3 Å². The lowest BCUT2D eigenvalue weighted by molar-refractivity contribution is -0.150. The summed E-state index contributed by atoms with van der Waals surface area (Å²) in [7, 11) is 0. The highest BCUT2D eigenvalue weighted by atomic mass is 16.4. The molecule has 3 rings (SSSR count). The molecule has 2 bridgehead atoms. The van der Waals surface area contributed by atoms with E-state index >= 15 is 0 Å². The topological polar surface area (TPSA) is 60.8 Å². The number of carbonyl (C=O) groups is 1. The first-order valence-corrected chi connectivity index (χ1v) is 4.80. The number of aliphatic hydroxyl groups is 1. The highest BCUT2D eigenvalue weighted by Gasteiger charge is 2.42. The fourth-order valence-corrected chi connectivity index (χ4v) is 2.61. The molecule has 0 aromatic carbocycles. The van der Waals surface area contributed by atoms with Crippen LogP contribution in [0.2, 0.25) is 0 Å². The molecule has 3 saturated heterocycles. The van der Waals surface area contributed by atoms with Crippen LogP contribution in [-0.4, -0.2) is 46.8 Å². The first kappa shape index (κ1) is 8.97. The first-order chi connectivity index (χ1) is 6.22. The lowest BCUT2D eigenvalue weighted by Crippen LogP contribution is -2.56. The molecular weight excluding hydrogens is 170 g/mol. The number of aliphatic hydroxyl groups excluding tert-OH is 1. The lowest BCUT2D eigenvalue weighted by atomic mass is 9.76. The van der Waals surface area contributed by atoms with Gasteiger partial charge in [0.1, 0.15) is 0 Å². The summed E-state index contributed by atoms with van der Waals surface area (Å²) in [5, 5.41) is 18.0. The molecule has 0 aromatic heterocycles. The number of fused-ring (bicyclic) bond motifs is 3. The maximum Gasteiger partial charge on any atom is 0.308 e. The second kappa shape index (κ2) is 3.27. The molecule has 0 radical (unpaired) electrons. The molecule has 0 spiro atoms. The van der Waals surface area contributed by atoms with Crippen LogP contribution in [0.15, 0.2) is 0 Å². The Balaban J connectivity index is 2.07. The van der Waals surface area contributed by atoms with Gasteiger partial charge in [-0.1, -0.05) is 0 Å². The predicted octanol–water partition coefficient (Wildman–Crippen LogP) is -0.226. The third-order valence-corrected chi connectivity index (χ3v) is 3.41. The van der Waals surface area contributed by atoms with Gasteiger partial charge in [0.25, 0.3) is 0 Å². The van der Waals surface area contributed by atoms with Crippen molar-refractivity contribution >= 4 is 5.97 Å². The number of aliphatic carboxylic acids is 1. The molecule has 2 N–H and O–H groups in total. The van der Waals surface area contributed by atoms with Crippen LogP contribution < -0.4 is 0 Å². The van der Waals surface area contributed by atoms with Crippen LogP contribution in [0.1, 0.15) is 12.8 Å². The molecule has 13 heavy (non-hydrogen) atoms. The summed E-state index contributed by atoms with van der Waals surface area (Å²) in [5.74, 6) is -0.581. The monoisotopic (exact) mass is 185 g/mol. The van der Waals surface area contributed by atoms with Crippen LogP contribution in [0.25, 0.3) is 0 Å². The fourth-order valence-electron chi connectivity index (χ4n) is 2.61. The van der Waals surface area contributed by atoms with Crippen molar-refractivity contribution in [2.45, 2.75) is 18.9 Å². The van der Waals surface area contributed by atoms with Crippen LogP contribution in [0, 0.1) is 11.8 Å². The van der Waals surface area contributed by atoms with Gasteiger partial charge in [0, 0.05) is 12.6 Å². The van der Waals surface area contributed by atoms with E-state index in [1.807, 2.05) is 0 Å². The van der Waals surface area contributed by atoms with Gasteiger partial charge in [0.05, 0.1) is 12.5 Å². The van der Waals surface area contributed by atoms with E-state index in [0.29, 0.717) is 12.5 Å². The molecule has 1 unspecified atom stereocenters. The average Bonchev–Trinajstić information content (AvgIpc) is 2.18. The Morgan fingerprint density at radius 3 is 2.77 bits per heavy atom. The molecule has 0 aliphatic carbocycles. The maximum absolute atomic E-state index is 10.9. The summed E-state index contributed by atoms with van der Waals surface area (Å²) >= 11 is 0. The van der Waals surface area contributed by atoms with Crippen molar-refractivity contribution in [2.24, 2.45) is 11.8 Å². The van der Waals surface area contributed by atoms with E-state index in [1.54, 1.807) is 0 Å². The molecule has 0 amide bonds. The number of carboxylic acid groups (broad SMARTS) is 1. The summed E-state index contributed by atoms with van der Waals surface area (Å²) in [5.41, 5.74) is 0. The van der Waals surface area contributed by atoms with Crippen LogP contribution in [0.3, 0.4) is 0 Å². The molecule has 0 saturated carbocycles. The summed E-state index contributed by atoms with van der Waals surface area (Å²) in [4.78, 5) is 13.0. The lowest BCUT2D eigenvalue weighted by Gasteiger charge is -2.47. The Bertz CT molecular complexity index is 219. The number of carboxylic acids is 1. The summed E-state index contributed by atoms with van der Waals surface area (Å²) < 4.78 is 0. The highest BCUT2D eigenvalue weighted by molar-refractivity contribution is 5.71. The molecule has 3 heterocycles. The smallest absolute Gasteiger partial charge is 0.308 e. The van der Waals surface area contributed by atoms with Gasteiger partial charge in [0.2, 0.25) is 0 Å². The summed E-state index contributed by atoms with van der Waals surface area (Å²) in [6.45, 7) is 1.76. The number of hydrogen-bond donors (Lipinski definition) is 2. The minimum atomic E-state index is -0.675. The molecule has 4 heteroatoms. The van der Waals surface area contributed by atoms with Crippen molar-refractivity contribution in [1.82, 2.24) is 4.90 Å². The van der Waals surface area contributed by atoms with E-state index < -0.39 is 5.97 Å². The van der Waals surface area contributed by atoms with Crippen molar-refractivity contribution in [3.63, 3.8) is 0 Å². The second-order valence-electron chi connectivity index (χ2n) is 4.06. The van der Waals surface area contributed by atoms with Crippen molar-refractivity contribution < 1.29 is 15.0 Å². The number of rotatable bonds is 2. The van der Waals surface area contributed by atoms with Crippen molar-refractivity contribution in [1.29, 1.82) is 0 Å². The molecule has 0 aromatic rings. The van der Waals surface area contributed by atoms with Crippen LogP contribution in [-0.2, 0) is 4.79 Å². The van der Waals surface area contributed by atoms with E-state index in [9.17, 15) is 4.79 Å². The molecular formula is C9H15NO3. The standard InChI is InChI=1S/C9H15NO3/c11-5-7-3-6-1-2-10(7)4-8(6)9(12)13/h6-8,11H,1-5H2,(H,12,13)/t6-,7+,8-/m0/s1. The Morgan fingerprint density at radius 1 is 1.54 bits per heavy atom. The van der Waals surface area contributed by atoms with Crippen LogP contribution in [0.5, 0.6) is 0 Å². The average molecular weight is 185 g/mol. The summed E-state index contributed by atoms with van der Waals surface area (Å²) in [6.07, 6.45) is 1.83. The number of piperidine rings is 3. The fraction of sp³-hybridized carbons (Fsp3) is 0.889. The summed E-state index contributed by atoms with van der Waals surface area (Å²) in [6, 6.07) is 0.217. The molecule has 3 fully saturated rings. The molecule has 4 atom stereocenters. The molecule has 74 valence electrons. The molecule has 3 aliphatic rings. The zero-order valence-corrected chi connectivity index (χ0v) is 7.52. The van der Waals surface area contributed by atoms with Gasteiger partial charge < -0.3 is 10.2 Å². The SMILES string of the molecule is O=C(O)[C@H]1CN2CC[C@H]1C[C@@H]2CO. The largest absolute Gasteiger partial charge is 0.481 e. The van der Waals surface area contributed by atoms with Gasteiger partial charge in [-0.3, -0.25) is 9.69 Å². The number of hydrogen-bond acceptors (Lipinski definition) is 3. The van der Waals surface area contributed by atoms with E-state index in [1.165, 1.54) is 0 Å². The van der Waals surface area contributed by atoms with Crippen molar-refractivity contribution in [3.8, 4) is 0 Å². The molecule has 4 nitrogen and oxygen atoms in total. The Kier molecular flexibility index (Phi) is 2.26. The van der Waals surface area contributed by atoms with E-state index in [4.69, 9.17) is 10.2 Å². The second-order valence-corrected chi connectivity index (χ2v) is 4.06. The predicted molar refractivity (Wildman–Crippen MR) is 46.3 cm³/mol. The van der Waals surface area contributed by atoms with Gasteiger partial charge >= 0.3 is 5.97 Å². The van der Waals surface area contributed by atoms with Crippen molar-refractivity contribution in [3.05, 3.63) is 0 Å². The zero-order chi connectivity index (χ0) is 9.42. The minimum Gasteiger partial charge on any atom is -0.481 e. The van der Waals surface area contributed by atoms with Gasteiger partial charge in [-0.15, -0.1) is 0 Å². The minimum absolute atomic E-state index is 0.169. The third-order valence-electron chi connectivity index (χ3n) is 3.41. The van der Waals surface area contributed by atoms with E-state index in [0.717, 1.165) is 19.4 Å². The Hall–Kier alpha value is -0.610. The van der Waals surface area contributed by atoms with E-state index in [2.05, 4.69) is 4.90 Å². The Morgan fingerprint density at radius 2 is 2.31 bits per heavy atom. The van der Waals surface area contributed by atoms with Crippen molar-refractivity contribution in [2.75, 3.05) is 19.7 Å². The van der Waals surface area contributed by atoms with Gasteiger partial charge in [-0.2, -0.15) is 0 Å². The molecule has 3 aliphatic heterocycles. The van der Waals surface area contributed by atoms with E-state index in [-0.39, 0.29) is 18.6 Å².